The van der Waals surface area contributed by atoms with E-state index in [9.17, 15) is 4.79 Å². The Hall–Kier alpha value is -4.16. The highest BCUT2D eigenvalue weighted by molar-refractivity contribution is 6.30. The van der Waals surface area contributed by atoms with E-state index in [1.165, 1.54) is 0 Å². The maximum absolute atomic E-state index is 13.3. The van der Waals surface area contributed by atoms with Crippen LogP contribution in [0.5, 0.6) is 17.2 Å². The maximum Gasteiger partial charge on any atom is 0.322 e. The van der Waals surface area contributed by atoms with Gasteiger partial charge in [-0.3, -0.25) is 0 Å². The molecule has 0 saturated heterocycles. The van der Waals surface area contributed by atoms with Crippen LogP contribution in [0.3, 0.4) is 0 Å². The lowest BCUT2D eigenvalue weighted by Gasteiger charge is -2.24. The monoisotopic (exact) mass is 530 g/mol. The van der Waals surface area contributed by atoms with Gasteiger partial charge in [-0.1, -0.05) is 60.1 Å². The molecule has 0 bridgehead atoms. The Bertz CT molecular complexity index is 1330. The number of hydrogen-bond donors (Lipinski definition) is 1. The van der Waals surface area contributed by atoms with Gasteiger partial charge in [-0.2, -0.15) is 0 Å². The van der Waals surface area contributed by atoms with Crippen molar-refractivity contribution in [2.45, 2.75) is 19.6 Å². The number of amides is 2. The van der Waals surface area contributed by atoms with Crippen LogP contribution < -0.4 is 19.5 Å². The van der Waals surface area contributed by atoms with Crippen LogP contribution in [0, 0.1) is 0 Å². The van der Waals surface area contributed by atoms with Crippen molar-refractivity contribution < 1.29 is 19.0 Å². The number of carbonyl (C=O) groups is 1. The molecule has 0 heterocycles. The number of methoxy groups -OCH3 is 2. The van der Waals surface area contributed by atoms with Crippen molar-refractivity contribution in [3.8, 4) is 17.2 Å². The highest BCUT2D eigenvalue weighted by atomic mass is 35.5. The molecule has 0 atom stereocenters. The number of carbonyl (C=O) groups excluding carboxylic acids is 1. The first-order chi connectivity index (χ1) is 18.5. The van der Waals surface area contributed by atoms with Crippen LogP contribution in [0.2, 0.25) is 5.02 Å². The first-order valence-electron chi connectivity index (χ1n) is 12.3. The summed E-state index contributed by atoms with van der Waals surface area (Å²) in [5.41, 5.74) is 3.77. The molecule has 0 aromatic heterocycles. The van der Waals surface area contributed by atoms with Crippen molar-refractivity contribution in [1.82, 2.24) is 4.90 Å². The zero-order chi connectivity index (χ0) is 26.7. The second-order valence-corrected chi connectivity index (χ2v) is 9.16. The molecule has 4 rings (SSSR count). The summed E-state index contributed by atoms with van der Waals surface area (Å²) in [5.74, 6) is 2.08. The SMILES string of the molecule is COc1ccc(CCN(Cc2cccc(OCc3ccccc3)c2)C(=O)Nc2ccc(Cl)cc2)cc1OC. The fourth-order valence-electron chi connectivity index (χ4n) is 3.98. The number of nitrogens with zero attached hydrogens (tertiary/aromatic N) is 1. The molecule has 38 heavy (non-hydrogen) atoms. The number of hydrogen-bond acceptors (Lipinski definition) is 4. The van der Waals surface area contributed by atoms with E-state index in [0.717, 1.165) is 22.4 Å². The number of urea groups is 1. The largest absolute Gasteiger partial charge is 0.493 e. The fraction of sp³-hybridized carbons (Fsp3) is 0.194. The minimum atomic E-state index is -0.205. The number of nitrogens with one attached hydrogen (secondary N) is 1. The summed E-state index contributed by atoms with van der Waals surface area (Å²) >= 11 is 6.01. The average Bonchev–Trinajstić information content (AvgIpc) is 2.96. The minimum Gasteiger partial charge on any atom is -0.493 e. The van der Waals surface area contributed by atoms with Gasteiger partial charge in [0.1, 0.15) is 12.4 Å². The van der Waals surface area contributed by atoms with Crippen molar-refractivity contribution >= 4 is 23.3 Å². The molecule has 0 unspecified atom stereocenters. The highest BCUT2D eigenvalue weighted by Gasteiger charge is 2.16. The highest BCUT2D eigenvalue weighted by Crippen LogP contribution is 2.28. The third-order valence-electron chi connectivity index (χ3n) is 6.02. The number of rotatable bonds is 11. The van der Waals surface area contributed by atoms with Crippen LogP contribution >= 0.6 is 11.6 Å². The van der Waals surface area contributed by atoms with Gasteiger partial charge in [0.25, 0.3) is 0 Å². The second kappa shape index (κ2) is 13.4. The van der Waals surface area contributed by atoms with E-state index in [4.69, 9.17) is 25.8 Å². The average molecular weight is 531 g/mol. The van der Waals surface area contributed by atoms with Crippen molar-refractivity contribution in [3.63, 3.8) is 0 Å². The van der Waals surface area contributed by atoms with Gasteiger partial charge in [0.2, 0.25) is 0 Å². The maximum atomic E-state index is 13.3. The van der Waals surface area contributed by atoms with Gasteiger partial charge >= 0.3 is 6.03 Å². The van der Waals surface area contributed by atoms with Crippen molar-refractivity contribution in [3.05, 3.63) is 119 Å². The molecular weight excluding hydrogens is 500 g/mol. The second-order valence-electron chi connectivity index (χ2n) is 8.72. The summed E-state index contributed by atoms with van der Waals surface area (Å²) in [6.07, 6.45) is 0.637. The predicted molar refractivity (Wildman–Crippen MR) is 151 cm³/mol. The molecule has 6 nitrogen and oxygen atoms in total. The Labute approximate surface area is 228 Å². The third kappa shape index (κ3) is 7.67. The molecule has 0 aliphatic carbocycles. The van der Waals surface area contributed by atoms with Gasteiger partial charge in [-0.05, 0) is 71.6 Å². The van der Waals surface area contributed by atoms with Crippen molar-refractivity contribution in [1.29, 1.82) is 0 Å². The Kier molecular flexibility index (Phi) is 9.48. The Morgan fingerprint density at radius 1 is 0.789 bits per heavy atom. The fourth-order valence-corrected chi connectivity index (χ4v) is 4.11. The molecule has 2 amide bonds. The topological polar surface area (TPSA) is 60.0 Å². The van der Waals surface area contributed by atoms with Crippen LogP contribution in [0.4, 0.5) is 10.5 Å². The molecule has 4 aromatic rings. The summed E-state index contributed by atoms with van der Waals surface area (Å²) in [7, 11) is 3.22. The van der Waals surface area contributed by atoms with Gasteiger partial charge < -0.3 is 24.4 Å². The normalized spacial score (nSPS) is 10.5. The third-order valence-corrected chi connectivity index (χ3v) is 6.27. The zero-order valence-corrected chi connectivity index (χ0v) is 22.3. The molecular formula is C31H31ClN2O4. The van der Waals surface area contributed by atoms with Crippen LogP contribution in [-0.2, 0) is 19.6 Å². The lowest BCUT2D eigenvalue weighted by molar-refractivity contribution is 0.209. The van der Waals surface area contributed by atoms with Crippen LogP contribution in [0.25, 0.3) is 0 Å². The first-order valence-corrected chi connectivity index (χ1v) is 12.7. The van der Waals surface area contributed by atoms with Gasteiger partial charge in [0, 0.05) is 23.8 Å². The smallest absolute Gasteiger partial charge is 0.322 e. The molecule has 7 heteroatoms. The Balaban J connectivity index is 1.48. The summed E-state index contributed by atoms with van der Waals surface area (Å²) in [4.78, 5) is 15.1. The molecule has 0 saturated carbocycles. The quantitative estimate of drug-likeness (QED) is 0.222. The summed E-state index contributed by atoms with van der Waals surface area (Å²) in [6.45, 7) is 1.38. The number of anilines is 1. The van der Waals surface area contributed by atoms with E-state index in [2.05, 4.69) is 5.32 Å². The van der Waals surface area contributed by atoms with E-state index in [1.54, 1.807) is 43.4 Å². The standard InChI is InChI=1S/C31H31ClN2O4/c1-36-29-16-11-23(20-30(29)37-2)17-18-34(31(35)33-27-14-12-26(32)13-15-27)21-25-9-6-10-28(19-25)38-22-24-7-4-3-5-8-24/h3-16,19-20H,17-18,21-22H2,1-2H3,(H,33,35). The summed E-state index contributed by atoms with van der Waals surface area (Å²) in [5, 5.41) is 3.59. The Morgan fingerprint density at radius 2 is 1.53 bits per heavy atom. The van der Waals surface area contributed by atoms with Crippen molar-refractivity contribution in [2.24, 2.45) is 0 Å². The van der Waals surface area contributed by atoms with Gasteiger partial charge in [0.15, 0.2) is 11.5 Å². The van der Waals surface area contributed by atoms with E-state index in [1.807, 2.05) is 72.8 Å². The van der Waals surface area contributed by atoms with Gasteiger partial charge in [-0.15, -0.1) is 0 Å². The number of halogens is 1. The number of ether oxygens (including phenoxy) is 3. The number of benzene rings is 4. The first kappa shape index (κ1) is 26.9. The molecule has 0 radical (unpaired) electrons. The van der Waals surface area contributed by atoms with Crippen LogP contribution in [-0.4, -0.2) is 31.7 Å². The van der Waals surface area contributed by atoms with E-state index < -0.39 is 0 Å². The molecule has 1 N–H and O–H groups in total. The van der Waals surface area contributed by atoms with Crippen molar-refractivity contribution in [2.75, 3.05) is 26.1 Å². The lowest BCUT2D eigenvalue weighted by atomic mass is 10.1. The summed E-state index contributed by atoms with van der Waals surface area (Å²) in [6, 6.07) is 30.5. The molecule has 0 spiro atoms. The molecule has 0 fully saturated rings. The van der Waals surface area contributed by atoms with E-state index in [0.29, 0.717) is 48.3 Å². The van der Waals surface area contributed by atoms with Crippen LogP contribution in [0.15, 0.2) is 97.1 Å². The molecule has 196 valence electrons. The summed E-state index contributed by atoms with van der Waals surface area (Å²) < 4.78 is 16.8. The lowest BCUT2D eigenvalue weighted by Crippen LogP contribution is -2.36. The van der Waals surface area contributed by atoms with Gasteiger partial charge in [0.05, 0.1) is 14.2 Å². The molecule has 4 aromatic carbocycles. The molecule has 0 aliphatic rings. The molecule has 0 aliphatic heterocycles. The van der Waals surface area contributed by atoms with E-state index >= 15 is 0 Å². The minimum absolute atomic E-state index is 0.205. The van der Waals surface area contributed by atoms with E-state index in [-0.39, 0.29) is 6.03 Å². The predicted octanol–water partition coefficient (Wildman–Crippen LogP) is 7.21. The Morgan fingerprint density at radius 3 is 2.26 bits per heavy atom. The zero-order valence-electron chi connectivity index (χ0n) is 21.5. The van der Waals surface area contributed by atoms with Crippen LogP contribution in [0.1, 0.15) is 16.7 Å². The van der Waals surface area contributed by atoms with Gasteiger partial charge in [-0.25, -0.2) is 4.79 Å².